The first-order valence-electron chi connectivity index (χ1n) is 7.94. The van der Waals surface area contributed by atoms with E-state index in [0.29, 0.717) is 11.2 Å². The van der Waals surface area contributed by atoms with Crippen LogP contribution in [-0.2, 0) is 11.3 Å². The maximum Gasteiger partial charge on any atom is 0.420 e. The molecular formula is C18H12N4O5. The van der Waals surface area contributed by atoms with Gasteiger partial charge in [-0.15, -0.1) is 0 Å². The Bertz CT molecular complexity index is 1260. The lowest BCUT2D eigenvalue weighted by atomic mass is 10.2. The number of hydrogen-bond donors (Lipinski definition) is 1. The van der Waals surface area contributed by atoms with Crippen molar-refractivity contribution in [2.75, 3.05) is 5.32 Å². The zero-order valence-electron chi connectivity index (χ0n) is 13.8. The van der Waals surface area contributed by atoms with E-state index < -0.39 is 16.6 Å². The van der Waals surface area contributed by atoms with Crippen molar-refractivity contribution in [1.29, 1.82) is 0 Å². The zero-order valence-corrected chi connectivity index (χ0v) is 13.8. The van der Waals surface area contributed by atoms with Crippen LogP contribution in [0.15, 0.2) is 63.9 Å². The van der Waals surface area contributed by atoms with E-state index in [1.807, 2.05) is 24.3 Å². The van der Waals surface area contributed by atoms with E-state index in [2.05, 4.69) is 10.3 Å². The number of oxazole rings is 1. The molecule has 2 heterocycles. The van der Waals surface area contributed by atoms with Crippen molar-refractivity contribution in [2.45, 2.75) is 6.54 Å². The Balaban J connectivity index is 1.59. The van der Waals surface area contributed by atoms with Gasteiger partial charge in [0.2, 0.25) is 5.91 Å². The van der Waals surface area contributed by atoms with Gasteiger partial charge in [0.15, 0.2) is 5.58 Å². The van der Waals surface area contributed by atoms with Crippen LogP contribution in [-0.4, -0.2) is 20.4 Å². The normalized spacial score (nSPS) is 11.0. The Labute approximate surface area is 151 Å². The summed E-state index contributed by atoms with van der Waals surface area (Å²) in [5.74, 6) is -1.22. The number of non-ortho nitro benzene ring substituents is 1. The molecule has 1 N–H and O–H groups in total. The second kappa shape index (κ2) is 6.37. The van der Waals surface area contributed by atoms with Gasteiger partial charge in [0.05, 0.1) is 33.9 Å². The average Bonchev–Trinajstić information content (AvgIpc) is 2.96. The topological polar surface area (TPSA) is 120 Å². The maximum atomic E-state index is 12.3. The van der Waals surface area contributed by atoms with Gasteiger partial charge in [-0.3, -0.25) is 24.5 Å². The van der Waals surface area contributed by atoms with Gasteiger partial charge < -0.3 is 9.73 Å². The fourth-order valence-corrected chi connectivity index (χ4v) is 2.80. The molecule has 0 atom stereocenters. The molecule has 134 valence electrons. The minimum absolute atomic E-state index is 0.0503. The number of para-hydroxylation sites is 1. The third-order valence-electron chi connectivity index (χ3n) is 4.04. The van der Waals surface area contributed by atoms with Crippen molar-refractivity contribution >= 4 is 39.3 Å². The highest BCUT2D eigenvalue weighted by Gasteiger charge is 2.16. The highest BCUT2D eigenvalue weighted by atomic mass is 16.6. The monoisotopic (exact) mass is 364 g/mol. The molecule has 9 nitrogen and oxygen atoms in total. The van der Waals surface area contributed by atoms with Gasteiger partial charge in [-0.05, 0) is 18.2 Å². The van der Waals surface area contributed by atoms with Gasteiger partial charge in [0.1, 0.15) is 6.54 Å². The third kappa shape index (κ3) is 3.13. The Morgan fingerprint density at radius 3 is 2.85 bits per heavy atom. The highest BCUT2D eigenvalue weighted by Crippen LogP contribution is 2.20. The van der Waals surface area contributed by atoms with Crippen LogP contribution in [0, 0.1) is 10.1 Å². The molecule has 0 aliphatic rings. The number of nitro groups is 1. The van der Waals surface area contributed by atoms with Crippen LogP contribution >= 0.6 is 0 Å². The number of nitrogens with one attached hydrogen (secondary N) is 1. The number of carbonyl (C=O) groups excluding carboxylic acids is 1. The fraction of sp³-hybridized carbons (Fsp3) is 0.0556. The second-order valence-electron chi connectivity index (χ2n) is 5.83. The summed E-state index contributed by atoms with van der Waals surface area (Å²) < 4.78 is 6.12. The number of benzene rings is 2. The molecule has 0 bridgehead atoms. The average molecular weight is 364 g/mol. The summed E-state index contributed by atoms with van der Waals surface area (Å²) in [7, 11) is 0. The summed E-state index contributed by atoms with van der Waals surface area (Å²) in [5, 5.41) is 14.4. The van der Waals surface area contributed by atoms with Crippen LogP contribution < -0.4 is 11.1 Å². The molecule has 27 heavy (non-hydrogen) atoms. The van der Waals surface area contributed by atoms with Gasteiger partial charge in [-0.2, -0.15) is 0 Å². The standard InChI is InChI=1S/C18H12N4O5/c23-17(20-12-7-11-3-1-2-4-14(11)19-9-12)10-21-15-6-5-13(22(25)26)8-16(15)27-18(21)24/h1-9H,10H2,(H,20,23). The van der Waals surface area contributed by atoms with Crippen molar-refractivity contribution < 1.29 is 14.1 Å². The molecule has 0 aliphatic carbocycles. The van der Waals surface area contributed by atoms with Crippen LogP contribution in [0.3, 0.4) is 0 Å². The van der Waals surface area contributed by atoms with Crippen molar-refractivity contribution in [1.82, 2.24) is 9.55 Å². The van der Waals surface area contributed by atoms with Gasteiger partial charge in [-0.1, -0.05) is 18.2 Å². The lowest BCUT2D eigenvalue weighted by molar-refractivity contribution is -0.384. The Morgan fingerprint density at radius 2 is 2.04 bits per heavy atom. The van der Waals surface area contributed by atoms with Crippen LogP contribution in [0.2, 0.25) is 0 Å². The number of amides is 1. The Kier molecular flexibility index (Phi) is 3.88. The van der Waals surface area contributed by atoms with E-state index >= 15 is 0 Å². The predicted molar refractivity (Wildman–Crippen MR) is 97.5 cm³/mol. The first-order chi connectivity index (χ1) is 13.0. The maximum absolute atomic E-state index is 12.3. The summed E-state index contributed by atoms with van der Waals surface area (Å²) in [6.07, 6.45) is 1.53. The number of pyridine rings is 1. The molecule has 4 aromatic rings. The highest BCUT2D eigenvalue weighted by molar-refractivity contribution is 5.93. The van der Waals surface area contributed by atoms with Gasteiger partial charge in [0.25, 0.3) is 5.69 Å². The molecular weight excluding hydrogens is 352 g/mol. The minimum Gasteiger partial charge on any atom is -0.407 e. The zero-order chi connectivity index (χ0) is 19.0. The molecule has 0 fully saturated rings. The lowest BCUT2D eigenvalue weighted by Gasteiger charge is -2.06. The number of carbonyl (C=O) groups is 1. The summed E-state index contributed by atoms with van der Waals surface area (Å²) in [4.78, 5) is 38.8. The van der Waals surface area contributed by atoms with Crippen molar-refractivity contribution in [3.63, 3.8) is 0 Å². The summed E-state index contributed by atoms with van der Waals surface area (Å²) in [6.45, 7) is -0.295. The molecule has 0 saturated heterocycles. The van der Waals surface area contributed by atoms with E-state index in [1.165, 1.54) is 18.3 Å². The predicted octanol–water partition coefficient (Wildman–Crippen LogP) is 2.69. The van der Waals surface area contributed by atoms with Gasteiger partial charge >= 0.3 is 5.76 Å². The number of anilines is 1. The first kappa shape index (κ1) is 16.5. The molecule has 9 heteroatoms. The third-order valence-corrected chi connectivity index (χ3v) is 4.04. The van der Waals surface area contributed by atoms with E-state index in [1.54, 1.807) is 6.07 Å². The SMILES string of the molecule is O=C(Cn1c(=O)oc2cc([N+](=O)[O-])ccc21)Nc1cnc2ccccc2c1. The van der Waals surface area contributed by atoms with Crippen LogP contribution in [0.4, 0.5) is 11.4 Å². The minimum atomic E-state index is -0.766. The Hall–Kier alpha value is -4.01. The summed E-state index contributed by atoms with van der Waals surface area (Å²) in [6, 6.07) is 13.0. The number of rotatable bonds is 4. The number of hydrogen-bond acceptors (Lipinski definition) is 6. The number of aromatic nitrogens is 2. The quantitative estimate of drug-likeness (QED) is 0.439. The van der Waals surface area contributed by atoms with E-state index in [-0.39, 0.29) is 17.8 Å². The van der Waals surface area contributed by atoms with Crippen molar-refractivity contribution in [2.24, 2.45) is 0 Å². The van der Waals surface area contributed by atoms with Crippen LogP contribution in [0.25, 0.3) is 22.0 Å². The number of nitro benzene ring substituents is 1. The van der Waals surface area contributed by atoms with Crippen molar-refractivity contribution in [3.05, 3.63) is 75.4 Å². The first-order valence-corrected chi connectivity index (χ1v) is 7.94. The molecule has 0 spiro atoms. The largest absolute Gasteiger partial charge is 0.420 e. The Morgan fingerprint density at radius 1 is 1.22 bits per heavy atom. The van der Waals surface area contributed by atoms with Crippen LogP contribution in [0.1, 0.15) is 0 Å². The summed E-state index contributed by atoms with van der Waals surface area (Å²) in [5.41, 5.74) is 1.45. The van der Waals surface area contributed by atoms with E-state index in [9.17, 15) is 19.7 Å². The second-order valence-corrected chi connectivity index (χ2v) is 5.83. The fourth-order valence-electron chi connectivity index (χ4n) is 2.80. The van der Waals surface area contributed by atoms with Crippen LogP contribution in [0.5, 0.6) is 0 Å². The molecule has 0 radical (unpaired) electrons. The molecule has 4 rings (SSSR count). The molecule has 2 aromatic carbocycles. The molecule has 2 aromatic heterocycles. The summed E-state index contributed by atoms with van der Waals surface area (Å²) >= 11 is 0. The van der Waals surface area contributed by atoms with Gasteiger partial charge in [0, 0.05) is 11.5 Å². The molecule has 0 unspecified atom stereocenters. The molecule has 0 aliphatic heterocycles. The molecule has 1 amide bonds. The van der Waals surface area contributed by atoms with Gasteiger partial charge in [-0.25, -0.2) is 4.79 Å². The smallest absolute Gasteiger partial charge is 0.407 e. The number of nitrogens with zero attached hydrogens (tertiary/aromatic N) is 3. The number of fused-ring (bicyclic) bond motifs is 2. The lowest BCUT2D eigenvalue weighted by Crippen LogP contribution is -2.24. The van der Waals surface area contributed by atoms with E-state index in [4.69, 9.17) is 4.42 Å². The van der Waals surface area contributed by atoms with E-state index in [0.717, 1.165) is 21.5 Å². The van der Waals surface area contributed by atoms with Crippen molar-refractivity contribution in [3.8, 4) is 0 Å². The molecule has 0 saturated carbocycles.